The summed E-state index contributed by atoms with van der Waals surface area (Å²) < 4.78 is 0. The van der Waals surface area contributed by atoms with Gasteiger partial charge in [0, 0.05) is 18.3 Å². The number of rotatable bonds is 1. The van der Waals surface area contributed by atoms with E-state index in [1.165, 1.54) is 18.5 Å². The van der Waals surface area contributed by atoms with E-state index in [1.807, 2.05) is 13.8 Å². The molecular formula is C13H19NO. The average Bonchev–Trinajstić information content (AvgIpc) is 2.60. The van der Waals surface area contributed by atoms with Crippen molar-refractivity contribution < 1.29 is 5.11 Å². The predicted octanol–water partition coefficient (Wildman–Crippen LogP) is 3.00. The number of nitrogens with zero attached hydrogens (tertiary/aromatic N) is 1. The van der Waals surface area contributed by atoms with Crippen LogP contribution in [0.25, 0.3) is 0 Å². The molecule has 1 aromatic rings. The van der Waals surface area contributed by atoms with Gasteiger partial charge < -0.3 is 10.0 Å². The summed E-state index contributed by atoms with van der Waals surface area (Å²) in [5.74, 6) is 0.436. The molecule has 1 unspecified atom stereocenters. The first-order chi connectivity index (χ1) is 7.09. The van der Waals surface area contributed by atoms with Crippen molar-refractivity contribution in [2.75, 3.05) is 11.4 Å². The van der Waals surface area contributed by atoms with Crippen molar-refractivity contribution in [1.82, 2.24) is 0 Å². The molecule has 0 saturated carbocycles. The fraction of sp³-hybridized carbons (Fsp3) is 0.538. The van der Waals surface area contributed by atoms with Crippen LogP contribution in [0.1, 0.15) is 30.9 Å². The minimum atomic E-state index is 0.436. The van der Waals surface area contributed by atoms with Crippen molar-refractivity contribution in [2.24, 2.45) is 0 Å². The van der Waals surface area contributed by atoms with E-state index in [9.17, 15) is 5.11 Å². The third-order valence-electron chi connectivity index (χ3n) is 3.36. The number of anilines is 1. The van der Waals surface area contributed by atoms with Gasteiger partial charge in [-0.25, -0.2) is 0 Å². The Labute approximate surface area is 91.5 Å². The van der Waals surface area contributed by atoms with Crippen molar-refractivity contribution in [2.45, 2.75) is 39.7 Å². The summed E-state index contributed by atoms with van der Waals surface area (Å²) in [6.07, 6.45) is 2.55. The molecule has 1 aliphatic rings. The molecule has 1 N–H and O–H groups in total. The molecule has 1 saturated heterocycles. The quantitative estimate of drug-likeness (QED) is 0.762. The minimum absolute atomic E-state index is 0.436. The Bertz CT molecular complexity index is 350. The Balaban J connectivity index is 2.36. The van der Waals surface area contributed by atoms with Crippen molar-refractivity contribution in [3.63, 3.8) is 0 Å². The molecule has 1 heterocycles. The first-order valence-electron chi connectivity index (χ1n) is 5.66. The van der Waals surface area contributed by atoms with E-state index in [-0.39, 0.29) is 0 Å². The van der Waals surface area contributed by atoms with Gasteiger partial charge in [-0.15, -0.1) is 0 Å². The van der Waals surface area contributed by atoms with Crippen LogP contribution in [0.5, 0.6) is 5.75 Å². The van der Waals surface area contributed by atoms with Crippen LogP contribution in [-0.2, 0) is 0 Å². The molecule has 0 amide bonds. The Hall–Kier alpha value is -1.18. The largest absolute Gasteiger partial charge is 0.507 e. The van der Waals surface area contributed by atoms with Crippen LogP contribution in [0.2, 0.25) is 0 Å². The summed E-state index contributed by atoms with van der Waals surface area (Å²) in [4.78, 5) is 2.43. The smallest absolute Gasteiger partial charge is 0.121 e. The highest BCUT2D eigenvalue weighted by atomic mass is 16.3. The number of aryl methyl sites for hydroxylation is 2. The maximum Gasteiger partial charge on any atom is 0.121 e. The summed E-state index contributed by atoms with van der Waals surface area (Å²) >= 11 is 0. The molecule has 2 nitrogen and oxygen atoms in total. The van der Waals surface area contributed by atoms with Crippen LogP contribution < -0.4 is 4.90 Å². The lowest BCUT2D eigenvalue weighted by atomic mass is 10.1. The lowest BCUT2D eigenvalue weighted by Crippen LogP contribution is -2.26. The van der Waals surface area contributed by atoms with Gasteiger partial charge in [-0.1, -0.05) is 0 Å². The van der Waals surface area contributed by atoms with Gasteiger partial charge in [-0.3, -0.25) is 0 Å². The summed E-state index contributed by atoms with van der Waals surface area (Å²) in [6, 6.07) is 4.81. The summed E-state index contributed by atoms with van der Waals surface area (Å²) in [5.41, 5.74) is 3.21. The maximum absolute atomic E-state index is 9.72. The van der Waals surface area contributed by atoms with Crippen LogP contribution in [0, 0.1) is 13.8 Å². The molecule has 0 spiro atoms. The monoisotopic (exact) mass is 205 g/mol. The molecule has 0 aromatic heterocycles. The predicted molar refractivity (Wildman–Crippen MR) is 63.6 cm³/mol. The normalized spacial score (nSPS) is 21.0. The van der Waals surface area contributed by atoms with Gasteiger partial charge in [0.15, 0.2) is 0 Å². The zero-order valence-corrected chi connectivity index (χ0v) is 9.75. The van der Waals surface area contributed by atoms with Gasteiger partial charge in [0.05, 0.1) is 0 Å². The average molecular weight is 205 g/mol. The molecule has 1 aromatic carbocycles. The maximum atomic E-state index is 9.72. The lowest BCUT2D eigenvalue weighted by molar-refractivity contribution is 0.467. The highest BCUT2D eigenvalue weighted by Gasteiger charge is 2.21. The number of phenols is 1. The highest BCUT2D eigenvalue weighted by Crippen LogP contribution is 2.31. The van der Waals surface area contributed by atoms with E-state index in [1.54, 1.807) is 0 Å². The van der Waals surface area contributed by atoms with Crippen molar-refractivity contribution in [3.05, 3.63) is 23.3 Å². The van der Waals surface area contributed by atoms with E-state index >= 15 is 0 Å². The number of hydrogen-bond donors (Lipinski definition) is 1. The molecule has 1 atom stereocenters. The standard InChI is InChI=1S/C13H19NO/c1-9-7-12(8-10(2)13(9)15)14-6-4-5-11(14)3/h7-8,11,15H,4-6H2,1-3H3. The Morgan fingerprint density at radius 2 is 1.87 bits per heavy atom. The molecule has 1 fully saturated rings. The van der Waals surface area contributed by atoms with Crippen LogP contribution in [0.3, 0.4) is 0 Å². The second-order valence-corrected chi connectivity index (χ2v) is 4.61. The summed E-state index contributed by atoms with van der Waals surface area (Å²) in [5, 5.41) is 9.72. The third-order valence-corrected chi connectivity index (χ3v) is 3.36. The molecule has 2 rings (SSSR count). The molecule has 0 bridgehead atoms. The SMILES string of the molecule is Cc1cc(N2CCCC2C)cc(C)c1O. The lowest BCUT2D eigenvalue weighted by Gasteiger charge is -2.25. The zero-order valence-electron chi connectivity index (χ0n) is 9.75. The number of aromatic hydroxyl groups is 1. The highest BCUT2D eigenvalue weighted by molar-refractivity contribution is 5.57. The van der Waals surface area contributed by atoms with Gasteiger partial charge in [-0.05, 0) is 56.9 Å². The van der Waals surface area contributed by atoms with Gasteiger partial charge >= 0.3 is 0 Å². The second kappa shape index (κ2) is 3.76. The number of phenolic OH excluding ortho intramolecular Hbond substituents is 1. The van der Waals surface area contributed by atoms with E-state index < -0.39 is 0 Å². The third kappa shape index (κ3) is 1.81. The summed E-state index contributed by atoms with van der Waals surface area (Å²) in [6.45, 7) is 7.34. The van der Waals surface area contributed by atoms with Gasteiger partial charge in [0.1, 0.15) is 5.75 Å². The van der Waals surface area contributed by atoms with Gasteiger partial charge in [0.25, 0.3) is 0 Å². The Morgan fingerprint density at radius 3 is 2.33 bits per heavy atom. The molecule has 15 heavy (non-hydrogen) atoms. The Kier molecular flexibility index (Phi) is 2.59. The van der Waals surface area contributed by atoms with Crippen LogP contribution in [0.4, 0.5) is 5.69 Å². The van der Waals surface area contributed by atoms with Crippen LogP contribution >= 0.6 is 0 Å². The molecule has 0 radical (unpaired) electrons. The molecular weight excluding hydrogens is 186 g/mol. The van der Waals surface area contributed by atoms with Gasteiger partial charge in [-0.2, -0.15) is 0 Å². The van der Waals surface area contributed by atoms with E-state index in [2.05, 4.69) is 24.0 Å². The first kappa shape index (κ1) is 10.3. The summed E-state index contributed by atoms with van der Waals surface area (Å²) in [7, 11) is 0. The fourth-order valence-electron chi connectivity index (χ4n) is 2.42. The van der Waals surface area contributed by atoms with Gasteiger partial charge in [0.2, 0.25) is 0 Å². The van der Waals surface area contributed by atoms with Crippen LogP contribution in [-0.4, -0.2) is 17.7 Å². The fourth-order valence-corrected chi connectivity index (χ4v) is 2.42. The topological polar surface area (TPSA) is 23.5 Å². The Morgan fingerprint density at radius 1 is 1.27 bits per heavy atom. The van der Waals surface area contributed by atoms with Crippen LogP contribution in [0.15, 0.2) is 12.1 Å². The number of benzene rings is 1. The molecule has 2 heteroatoms. The van der Waals surface area contributed by atoms with Crippen molar-refractivity contribution in [1.29, 1.82) is 0 Å². The zero-order chi connectivity index (χ0) is 11.0. The van der Waals surface area contributed by atoms with E-state index in [0.717, 1.165) is 17.7 Å². The van der Waals surface area contributed by atoms with Crippen molar-refractivity contribution >= 4 is 5.69 Å². The molecule has 1 aliphatic heterocycles. The number of hydrogen-bond acceptors (Lipinski definition) is 2. The first-order valence-corrected chi connectivity index (χ1v) is 5.66. The van der Waals surface area contributed by atoms with Crippen molar-refractivity contribution in [3.8, 4) is 5.75 Å². The minimum Gasteiger partial charge on any atom is -0.507 e. The molecule has 0 aliphatic carbocycles. The second-order valence-electron chi connectivity index (χ2n) is 4.61. The van der Waals surface area contributed by atoms with E-state index in [0.29, 0.717) is 11.8 Å². The molecule has 82 valence electrons. The van der Waals surface area contributed by atoms with E-state index in [4.69, 9.17) is 0 Å².